The van der Waals surface area contributed by atoms with E-state index in [-0.39, 0.29) is 11.4 Å². The Morgan fingerprint density at radius 2 is 1.95 bits per heavy atom. The first-order chi connectivity index (χ1) is 9.11. The van der Waals surface area contributed by atoms with Crippen molar-refractivity contribution >= 4 is 11.4 Å². The Hall–Kier alpha value is -1.56. The van der Waals surface area contributed by atoms with Gasteiger partial charge in [0.15, 0.2) is 5.75 Å². The minimum absolute atomic E-state index is 0.0467. The lowest BCUT2D eigenvalue weighted by Gasteiger charge is -2.36. The summed E-state index contributed by atoms with van der Waals surface area (Å²) >= 11 is 0. The Morgan fingerprint density at radius 3 is 2.53 bits per heavy atom. The van der Waals surface area contributed by atoms with E-state index in [4.69, 9.17) is 5.73 Å². The van der Waals surface area contributed by atoms with E-state index < -0.39 is 6.61 Å². The molecular weight excluding hydrogens is 252 g/mol. The number of hydrogen-bond donors (Lipinski definition) is 1. The molecule has 0 aliphatic carbocycles. The number of halogens is 2. The first-order valence-electron chi connectivity index (χ1n) is 6.42. The monoisotopic (exact) mass is 271 g/mol. The first kappa shape index (κ1) is 13.9. The second kappa shape index (κ2) is 6.06. The van der Waals surface area contributed by atoms with Crippen LogP contribution in [0.15, 0.2) is 18.2 Å². The molecule has 1 aliphatic rings. The number of para-hydroxylation sites is 1. The normalized spacial score (nSPS) is 16.9. The summed E-state index contributed by atoms with van der Waals surface area (Å²) in [4.78, 5) is 4.45. The van der Waals surface area contributed by atoms with Crippen molar-refractivity contribution in [3.8, 4) is 5.75 Å². The Balaban J connectivity index is 2.12. The molecule has 1 saturated heterocycles. The average Bonchev–Trinajstić information content (AvgIpc) is 2.41. The van der Waals surface area contributed by atoms with Gasteiger partial charge in [0.05, 0.1) is 11.4 Å². The summed E-state index contributed by atoms with van der Waals surface area (Å²) in [6.45, 7) is 3.89. The smallest absolute Gasteiger partial charge is 0.387 e. The maximum absolute atomic E-state index is 12.3. The second-order valence-electron chi connectivity index (χ2n) is 4.49. The van der Waals surface area contributed by atoms with Gasteiger partial charge >= 0.3 is 6.61 Å². The van der Waals surface area contributed by atoms with Crippen molar-refractivity contribution in [3.63, 3.8) is 0 Å². The van der Waals surface area contributed by atoms with Gasteiger partial charge in [-0.1, -0.05) is 13.0 Å². The van der Waals surface area contributed by atoms with Crippen molar-refractivity contribution in [1.82, 2.24) is 4.90 Å². The van der Waals surface area contributed by atoms with Crippen molar-refractivity contribution in [2.45, 2.75) is 13.5 Å². The fourth-order valence-corrected chi connectivity index (χ4v) is 2.31. The highest BCUT2D eigenvalue weighted by Crippen LogP contribution is 2.33. The van der Waals surface area contributed by atoms with Crippen molar-refractivity contribution in [1.29, 1.82) is 0 Å². The summed E-state index contributed by atoms with van der Waals surface area (Å²) in [6, 6.07) is 5.00. The molecule has 1 aromatic carbocycles. The molecule has 0 aromatic heterocycles. The molecule has 0 spiro atoms. The van der Waals surface area contributed by atoms with E-state index in [0.29, 0.717) is 0 Å². The van der Waals surface area contributed by atoms with Crippen molar-refractivity contribution in [2.24, 2.45) is 0 Å². The second-order valence-corrected chi connectivity index (χ2v) is 4.49. The van der Waals surface area contributed by atoms with Crippen LogP contribution in [0.4, 0.5) is 20.2 Å². The number of nitrogens with zero attached hydrogens (tertiary/aromatic N) is 2. The van der Waals surface area contributed by atoms with Crippen LogP contribution >= 0.6 is 0 Å². The number of piperazine rings is 1. The van der Waals surface area contributed by atoms with E-state index >= 15 is 0 Å². The lowest BCUT2D eigenvalue weighted by Crippen LogP contribution is -2.46. The van der Waals surface area contributed by atoms with Crippen LogP contribution in [0.25, 0.3) is 0 Å². The molecule has 4 nitrogen and oxygen atoms in total. The Morgan fingerprint density at radius 1 is 1.26 bits per heavy atom. The van der Waals surface area contributed by atoms with Gasteiger partial charge in [-0.2, -0.15) is 8.78 Å². The molecule has 0 saturated carbocycles. The molecule has 19 heavy (non-hydrogen) atoms. The lowest BCUT2D eigenvalue weighted by atomic mass is 10.2. The van der Waals surface area contributed by atoms with Gasteiger partial charge in [-0.25, -0.2) is 0 Å². The lowest BCUT2D eigenvalue weighted by molar-refractivity contribution is -0.0493. The number of nitrogen functional groups attached to an aromatic ring is 1. The molecule has 2 N–H and O–H groups in total. The maximum Gasteiger partial charge on any atom is 0.387 e. The quantitative estimate of drug-likeness (QED) is 0.851. The third kappa shape index (κ3) is 3.26. The molecule has 0 bridgehead atoms. The SMILES string of the molecule is CCN1CCN(c2cccc(OC(F)F)c2N)CC1. The van der Waals surface area contributed by atoms with Gasteiger partial charge in [-0.05, 0) is 18.7 Å². The minimum atomic E-state index is -2.85. The van der Waals surface area contributed by atoms with Gasteiger partial charge in [0, 0.05) is 26.2 Å². The minimum Gasteiger partial charge on any atom is -0.433 e. The molecule has 2 rings (SSSR count). The summed E-state index contributed by atoms with van der Waals surface area (Å²) in [7, 11) is 0. The molecule has 0 unspecified atom stereocenters. The van der Waals surface area contributed by atoms with Crippen LogP contribution in [0.5, 0.6) is 5.75 Å². The summed E-state index contributed by atoms with van der Waals surface area (Å²) < 4.78 is 29.0. The summed E-state index contributed by atoms with van der Waals surface area (Å²) in [6.07, 6.45) is 0. The van der Waals surface area contributed by atoms with Crippen LogP contribution in [0, 0.1) is 0 Å². The standard InChI is InChI=1S/C13H19F2N3O/c1-2-17-6-8-18(9-7-17)10-4-3-5-11(12(10)16)19-13(14)15/h3-5,13H,2,6-9,16H2,1H3. The van der Waals surface area contributed by atoms with Crippen LogP contribution in [0.3, 0.4) is 0 Å². The van der Waals surface area contributed by atoms with E-state index in [1.807, 2.05) is 6.07 Å². The van der Waals surface area contributed by atoms with Crippen molar-refractivity contribution in [3.05, 3.63) is 18.2 Å². The maximum atomic E-state index is 12.3. The molecule has 1 aliphatic heterocycles. The highest BCUT2D eigenvalue weighted by atomic mass is 19.3. The number of alkyl halides is 2. The average molecular weight is 271 g/mol. The predicted octanol–water partition coefficient (Wildman–Crippen LogP) is 2.01. The highest BCUT2D eigenvalue weighted by molar-refractivity contribution is 5.74. The van der Waals surface area contributed by atoms with Crippen LogP contribution in [-0.2, 0) is 0 Å². The molecule has 0 radical (unpaired) electrons. The molecule has 106 valence electrons. The van der Waals surface area contributed by atoms with Crippen molar-refractivity contribution in [2.75, 3.05) is 43.4 Å². The van der Waals surface area contributed by atoms with E-state index in [1.165, 1.54) is 6.07 Å². The molecule has 1 heterocycles. The summed E-state index contributed by atoms with van der Waals surface area (Å²) in [5.74, 6) is 0.0467. The number of hydrogen-bond acceptors (Lipinski definition) is 4. The van der Waals surface area contributed by atoms with E-state index in [9.17, 15) is 8.78 Å². The van der Waals surface area contributed by atoms with E-state index in [0.717, 1.165) is 38.4 Å². The van der Waals surface area contributed by atoms with Crippen LogP contribution in [0.1, 0.15) is 6.92 Å². The molecule has 0 atom stereocenters. The van der Waals surface area contributed by atoms with Crippen molar-refractivity contribution < 1.29 is 13.5 Å². The molecule has 0 amide bonds. The number of nitrogens with two attached hydrogens (primary N) is 1. The van der Waals surface area contributed by atoms with Gasteiger partial charge in [-0.15, -0.1) is 0 Å². The number of benzene rings is 1. The Labute approximate surface area is 111 Å². The third-order valence-electron chi connectivity index (χ3n) is 3.42. The van der Waals surface area contributed by atoms with Crippen LogP contribution in [0.2, 0.25) is 0 Å². The summed E-state index contributed by atoms with van der Waals surface area (Å²) in [5.41, 5.74) is 6.97. The number of rotatable bonds is 4. The Bertz CT molecular complexity index is 420. The zero-order valence-electron chi connectivity index (χ0n) is 11.0. The van der Waals surface area contributed by atoms with Gasteiger partial charge in [0.2, 0.25) is 0 Å². The highest BCUT2D eigenvalue weighted by Gasteiger charge is 2.19. The number of likely N-dealkylation sites (N-methyl/N-ethyl adjacent to an activating group) is 1. The molecule has 1 aromatic rings. The van der Waals surface area contributed by atoms with Gasteiger partial charge in [-0.3, -0.25) is 0 Å². The Kier molecular flexibility index (Phi) is 4.42. The van der Waals surface area contributed by atoms with E-state index in [2.05, 4.69) is 21.5 Å². The fourth-order valence-electron chi connectivity index (χ4n) is 2.31. The largest absolute Gasteiger partial charge is 0.433 e. The van der Waals surface area contributed by atoms with Crippen LogP contribution in [-0.4, -0.2) is 44.2 Å². The van der Waals surface area contributed by atoms with Gasteiger partial charge in [0.1, 0.15) is 0 Å². The molecule has 1 fully saturated rings. The third-order valence-corrected chi connectivity index (χ3v) is 3.42. The van der Waals surface area contributed by atoms with E-state index in [1.54, 1.807) is 6.07 Å². The fraction of sp³-hybridized carbons (Fsp3) is 0.538. The molecule has 6 heteroatoms. The van der Waals surface area contributed by atoms with Gasteiger partial charge in [0.25, 0.3) is 0 Å². The zero-order chi connectivity index (χ0) is 13.8. The topological polar surface area (TPSA) is 41.7 Å². The molecular formula is C13H19F2N3O. The number of ether oxygens (including phenoxy) is 1. The number of anilines is 2. The first-order valence-corrected chi connectivity index (χ1v) is 6.42. The zero-order valence-corrected chi connectivity index (χ0v) is 11.0. The predicted molar refractivity (Wildman–Crippen MR) is 71.8 cm³/mol. The van der Waals surface area contributed by atoms with Crippen LogP contribution < -0.4 is 15.4 Å². The summed E-state index contributed by atoms with van der Waals surface area (Å²) in [5, 5.41) is 0. The van der Waals surface area contributed by atoms with Gasteiger partial charge < -0.3 is 20.3 Å².